The third-order valence-corrected chi connectivity index (χ3v) is 5.53. The Morgan fingerprint density at radius 1 is 1.03 bits per heavy atom. The molecule has 0 aliphatic heterocycles. The second kappa shape index (κ2) is 9.28. The topological polar surface area (TPSA) is 85.7 Å². The largest absolute Gasteiger partial charge is 0.488 e. The fourth-order valence-corrected chi connectivity index (χ4v) is 3.94. The van der Waals surface area contributed by atoms with Crippen molar-refractivity contribution in [1.29, 1.82) is 0 Å². The third kappa shape index (κ3) is 4.53. The Balaban J connectivity index is 1.73. The zero-order valence-corrected chi connectivity index (χ0v) is 18.3. The van der Waals surface area contributed by atoms with Crippen LogP contribution in [0.5, 0.6) is 5.75 Å². The molecule has 4 aromatic rings. The minimum atomic E-state index is -0.887. The summed E-state index contributed by atoms with van der Waals surface area (Å²) in [5, 5.41) is 10.2. The number of ether oxygens (including phenoxy) is 1. The van der Waals surface area contributed by atoms with Gasteiger partial charge >= 0.3 is 5.97 Å². The van der Waals surface area contributed by atoms with Crippen LogP contribution in [0.15, 0.2) is 71.1 Å². The first-order valence-corrected chi connectivity index (χ1v) is 10.7. The second-order valence-electron chi connectivity index (χ2n) is 8.18. The average Bonchev–Trinajstić information content (AvgIpc) is 3.16. The van der Waals surface area contributed by atoms with Gasteiger partial charge in [0, 0.05) is 29.0 Å². The van der Waals surface area contributed by atoms with Gasteiger partial charge in [0.15, 0.2) is 0 Å². The maximum atomic E-state index is 11.2. The van der Waals surface area contributed by atoms with Crippen molar-refractivity contribution in [2.24, 2.45) is 5.73 Å². The average molecular weight is 430 g/mol. The monoisotopic (exact) mass is 429 g/mol. The highest BCUT2D eigenvalue weighted by atomic mass is 16.5. The molecule has 3 aromatic carbocycles. The number of nitrogens with two attached hydrogens (primary N) is 1. The number of carbonyl (C=O) groups is 1. The molecule has 0 aliphatic carbocycles. The number of benzene rings is 3. The van der Waals surface area contributed by atoms with E-state index >= 15 is 0 Å². The van der Waals surface area contributed by atoms with Crippen molar-refractivity contribution < 1.29 is 19.1 Å². The van der Waals surface area contributed by atoms with Crippen LogP contribution in [0.2, 0.25) is 0 Å². The fraction of sp³-hybridized carbons (Fsp3) is 0.222. The van der Waals surface area contributed by atoms with Gasteiger partial charge in [-0.05, 0) is 41.0 Å². The number of para-hydroxylation sites is 1. The molecule has 1 aromatic heterocycles. The van der Waals surface area contributed by atoms with Crippen LogP contribution in [-0.4, -0.2) is 11.1 Å². The van der Waals surface area contributed by atoms with E-state index in [-0.39, 0.29) is 12.3 Å². The molecule has 0 aliphatic rings. The molecule has 0 atom stereocenters. The second-order valence-corrected chi connectivity index (χ2v) is 8.18. The van der Waals surface area contributed by atoms with Gasteiger partial charge in [0.2, 0.25) is 0 Å². The standard InChI is InChI=1S/C27H27NO4/c1-17(2)27-23(16-31-24-9-4-3-7-21(24)14-26(29)30)22-13-20(10-11-25(22)32-27)19-8-5-6-18(12-19)15-28/h3-13,17H,14-16,28H2,1-2H3,(H,29,30). The molecular weight excluding hydrogens is 402 g/mol. The van der Waals surface area contributed by atoms with E-state index in [1.807, 2.05) is 30.3 Å². The van der Waals surface area contributed by atoms with Gasteiger partial charge in [0.05, 0.1) is 6.42 Å². The van der Waals surface area contributed by atoms with Crippen LogP contribution in [-0.2, 0) is 24.4 Å². The number of hydrogen-bond donors (Lipinski definition) is 2. The molecule has 0 radical (unpaired) electrons. The van der Waals surface area contributed by atoms with Crippen LogP contribution in [0.1, 0.15) is 42.2 Å². The molecule has 0 unspecified atom stereocenters. The first-order valence-electron chi connectivity index (χ1n) is 10.7. The SMILES string of the molecule is CC(C)c1oc2ccc(-c3cccc(CN)c3)cc2c1COc1ccccc1CC(=O)O. The fourth-order valence-electron chi connectivity index (χ4n) is 3.94. The molecule has 0 saturated heterocycles. The van der Waals surface area contributed by atoms with Crippen molar-refractivity contribution in [2.75, 3.05) is 0 Å². The molecule has 0 spiro atoms. The number of hydrogen-bond acceptors (Lipinski definition) is 4. The predicted octanol–water partition coefficient (Wildman–Crippen LogP) is 5.89. The quantitative estimate of drug-likeness (QED) is 0.365. The normalized spacial score (nSPS) is 11.2. The van der Waals surface area contributed by atoms with E-state index in [9.17, 15) is 9.90 Å². The Kier molecular flexibility index (Phi) is 6.28. The molecule has 3 N–H and O–H groups in total. The summed E-state index contributed by atoms with van der Waals surface area (Å²) in [4.78, 5) is 11.2. The zero-order valence-electron chi connectivity index (χ0n) is 18.3. The van der Waals surface area contributed by atoms with Gasteiger partial charge in [0.25, 0.3) is 0 Å². The van der Waals surface area contributed by atoms with E-state index in [2.05, 4.69) is 38.1 Å². The molecule has 0 amide bonds. The van der Waals surface area contributed by atoms with E-state index < -0.39 is 5.97 Å². The van der Waals surface area contributed by atoms with E-state index in [4.69, 9.17) is 14.9 Å². The summed E-state index contributed by atoms with van der Waals surface area (Å²) in [6.45, 7) is 4.97. The molecule has 5 nitrogen and oxygen atoms in total. The summed E-state index contributed by atoms with van der Waals surface area (Å²) in [6, 6.07) is 21.6. The minimum absolute atomic E-state index is 0.0824. The Morgan fingerprint density at radius 3 is 2.56 bits per heavy atom. The highest BCUT2D eigenvalue weighted by Crippen LogP contribution is 2.35. The number of fused-ring (bicyclic) bond motifs is 1. The summed E-state index contributed by atoms with van der Waals surface area (Å²) in [7, 11) is 0. The van der Waals surface area contributed by atoms with Crippen molar-refractivity contribution in [3.63, 3.8) is 0 Å². The van der Waals surface area contributed by atoms with Gasteiger partial charge in [0.1, 0.15) is 23.7 Å². The number of carboxylic acids is 1. The summed E-state index contributed by atoms with van der Waals surface area (Å²) in [5.41, 5.74) is 11.5. The summed E-state index contributed by atoms with van der Waals surface area (Å²) in [5.74, 6) is 0.746. The Hall–Kier alpha value is -3.57. The van der Waals surface area contributed by atoms with E-state index in [0.29, 0.717) is 24.5 Å². The van der Waals surface area contributed by atoms with E-state index in [1.165, 1.54) is 0 Å². The van der Waals surface area contributed by atoms with Crippen LogP contribution >= 0.6 is 0 Å². The number of aliphatic carboxylic acids is 1. The lowest BCUT2D eigenvalue weighted by Crippen LogP contribution is -2.05. The highest BCUT2D eigenvalue weighted by Gasteiger charge is 2.19. The van der Waals surface area contributed by atoms with Crippen LogP contribution in [0.3, 0.4) is 0 Å². The van der Waals surface area contributed by atoms with E-state index in [0.717, 1.165) is 39.0 Å². The lowest BCUT2D eigenvalue weighted by Gasteiger charge is -2.12. The van der Waals surface area contributed by atoms with Crippen LogP contribution < -0.4 is 10.5 Å². The molecule has 32 heavy (non-hydrogen) atoms. The lowest BCUT2D eigenvalue weighted by atomic mass is 9.99. The first kappa shape index (κ1) is 21.7. The molecule has 0 saturated carbocycles. The summed E-state index contributed by atoms with van der Waals surface area (Å²) >= 11 is 0. The van der Waals surface area contributed by atoms with Crippen molar-refractivity contribution >= 4 is 16.9 Å². The summed E-state index contributed by atoms with van der Waals surface area (Å²) in [6.07, 6.45) is -0.0824. The maximum Gasteiger partial charge on any atom is 0.307 e. The molecule has 0 bridgehead atoms. The molecule has 164 valence electrons. The van der Waals surface area contributed by atoms with E-state index in [1.54, 1.807) is 12.1 Å². The first-order chi connectivity index (χ1) is 15.5. The van der Waals surface area contributed by atoms with Gasteiger partial charge in [-0.3, -0.25) is 4.79 Å². The van der Waals surface area contributed by atoms with Gasteiger partial charge in [-0.2, -0.15) is 0 Å². The van der Waals surface area contributed by atoms with Crippen molar-refractivity contribution in [1.82, 2.24) is 0 Å². The Labute approximate surface area is 187 Å². The number of rotatable bonds is 8. The number of carboxylic acid groups (broad SMARTS) is 1. The van der Waals surface area contributed by atoms with Crippen molar-refractivity contribution in [2.45, 2.75) is 39.3 Å². The Bertz CT molecular complexity index is 1260. The molecule has 4 rings (SSSR count). The van der Waals surface area contributed by atoms with Crippen LogP contribution in [0.25, 0.3) is 22.1 Å². The zero-order chi connectivity index (χ0) is 22.7. The minimum Gasteiger partial charge on any atom is -0.488 e. The smallest absolute Gasteiger partial charge is 0.307 e. The molecular formula is C27H27NO4. The number of furan rings is 1. The molecule has 5 heteroatoms. The van der Waals surface area contributed by atoms with Gasteiger partial charge in [-0.1, -0.05) is 56.3 Å². The highest BCUT2D eigenvalue weighted by molar-refractivity contribution is 5.87. The van der Waals surface area contributed by atoms with Crippen LogP contribution in [0.4, 0.5) is 0 Å². The predicted molar refractivity (Wildman–Crippen MR) is 126 cm³/mol. The third-order valence-electron chi connectivity index (χ3n) is 5.53. The van der Waals surface area contributed by atoms with Crippen molar-refractivity contribution in [3.05, 3.63) is 89.2 Å². The van der Waals surface area contributed by atoms with Gasteiger partial charge in [-0.25, -0.2) is 0 Å². The van der Waals surface area contributed by atoms with Crippen LogP contribution in [0, 0.1) is 0 Å². The van der Waals surface area contributed by atoms with Gasteiger partial charge < -0.3 is 20.0 Å². The summed E-state index contributed by atoms with van der Waals surface area (Å²) < 4.78 is 12.3. The van der Waals surface area contributed by atoms with Crippen molar-refractivity contribution in [3.8, 4) is 16.9 Å². The lowest BCUT2D eigenvalue weighted by molar-refractivity contribution is -0.136. The van der Waals surface area contributed by atoms with Gasteiger partial charge in [-0.15, -0.1) is 0 Å². The molecule has 1 heterocycles. The maximum absolute atomic E-state index is 11.2. The Morgan fingerprint density at radius 2 is 1.81 bits per heavy atom. The molecule has 0 fully saturated rings.